The van der Waals surface area contributed by atoms with Crippen molar-refractivity contribution in [2.24, 2.45) is 0 Å². The van der Waals surface area contributed by atoms with Crippen molar-refractivity contribution in [1.29, 1.82) is 0 Å². The van der Waals surface area contributed by atoms with Crippen molar-refractivity contribution in [1.82, 2.24) is 0 Å². The molecule has 0 rings (SSSR count). The third kappa shape index (κ3) is 8.82. The molecule has 0 bridgehead atoms. The number of halogens is 2. The van der Waals surface area contributed by atoms with E-state index in [1.165, 1.54) is 0 Å². The normalized spacial score (nSPS) is 0. The topological polar surface area (TPSA) is 0 Å². The summed E-state index contributed by atoms with van der Waals surface area (Å²) in [5, 5.41) is 0. The molecule has 0 nitrogen and oxygen atoms in total. The van der Waals surface area contributed by atoms with E-state index in [2.05, 4.69) is 0 Å². The molecule has 0 N–H and O–H groups in total. The second-order valence-corrected chi connectivity index (χ2v) is 0. The Morgan fingerprint density at radius 2 is 0.500 bits per heavy atom. The summed E-state index contributed by atoms with van der Waals surface area (Å²) in [5.74, 6) is 0. The molecule has 0 aromatic carbocycles. The van der Waals surface area contributed by atoms with Gasteiger partial charge in [0.25, 0.3) is 0 Å². The Kier molecular flexibility index (Phi) is 133. The van der Waals surface area contributed by atoms with Gasteiger partial charge in [0.1, 0.15) is 0 Å². The molecule has 0 heterocycles. The van der Waals surface area contributed by atoms with E-state index in [-0.39, 0.29) is 92.9 Å². The van der Waals surface area contributed by atoms with Gasteiger partial charge in [-0.15, -0.1) is 0 Å². The van der Waals surface area contributed by atoms with Gasteiger partial charge < -0.3 is 0 Å². The zero-order valence-electron chi connectivity index (χ0n) is 1.82. The van der Waals surface area contributed by atoms with Crippen molar-refractivity contribution >= 4 is 0 Å². The standard InChI is InChI=1S/2Ce.2FH/h;;2*1H. The average molecular weight is 320 g/mol. The molecule has 0 aliphatic rings. The molecular weight excluding hydrogens is 318 g/mol. The molecule has 0 aromatic rings. The smallest absolute Gasteiger partial charge is 0 e. The van der Waals surface area contributed by atoms with Crippen molar-refractivity contribution in [3.63, 3.8) is 0 Å². The fraction of sp³-hybridized carbons (Fsp3) is 0. The van der Waals surface area contributed by atoms with E-state index in [4.69, 9.17) is 0 Å². The van der Waals surface area contributed by atoms with Crippen molar-refractivity contribution in [3.05, 3.63) is 0 Å². The third-order valence-corrected chi connectivity index (χ3v) is 0. The molecule has 4 heavy (non-hydrogen) atoms. The molecule has 0 saturated heterocycles. The van der Waals surface area contributed by atoms with Crippen LogP contribution in [0, 0.1) is 83.5 Å². The SMILES string of the molecule is F.F.[Ce].[Ce]. The van der Waals surface area contributed by atoms with Crippen LogP contribution < -0.4 is 0 Å². The molecule has 0 unspecified atom stereocenters. The van der Waals surface area contributed by atoms with Crippen molar-refractivity contribution in [3.8, 4) is 0 Å². The molecule has 0 aromatic heterocycles. The van der Waals surface area contributed by atoms with Crippen molar-refractivity contribution in [2.75, 3.05) is 0 Å². The first-order chi connectivity index (χ1) is 0. The van der Waals surface area contributed by atoms with Crippen LogP contribution in [0.2, 0.25) is 0 Å². The number of hydrogen-bond donors (Lipinski definition) is 0. The monoisotopic (exact) mass is 320 g/mol. The Morgan fingerprint density at radius 1 is 0.500 bits per heavy atom. The fourth-order valence-corrected chi connectivity index (χ4v) is 0. The second kappa shape index (κ2) is 17.5. The maximum Gasteiger partial charge on any atom is 0 e. The first-order valence-corrected chi connectivity index (χ1v) is 0. The summed E-state index contributed by atoms with van der Waals surface area (Å²) in [6.45, 7) is 0. The zero-order chi connectivity index (χ0) is 0. The van der Waals surface area contributed by atoms with Crippen LogP contribution in [0.15, 0.2) is 0 Å². The van der Waals surface area contributed by atoms with Crippen LogP contribution in [0.1, 0.15) is 0 Å². The zero-order valence-corrected chi connectivity index (χ0v) is 8.10. The Bertz CT molecular complexity index is 4.00. The van der Waals surface area contributed by atoms with Gasteiger partial charge in [-0.3, -0.25) is 9.41 Å². The van der Waals surface area contributed by atoms with Gasteiger partial charge >= 0.3 is 0 Å². The Morgan fingerprint density at radius 3 is 0.500 bits per heavy atom. The Balaban J connectivity index is 0. The van der Waals surface area contributed by atoms with Gasteiger partial charge in [0.05, 0.1) is 0 Å². The van der Waals surface area contributed by atoms with Gasteiger partial charge in [0.2, 0.25) is 0 Å². The number of rotatable bonds is 0. The van der Waals surface area contributed by atoms with E-state index in [0.29, 0.717) is 0 Å². The molecule has 0 aliphatic heterocycles. The molecule has 0 aliphatic carbocycles. The number of hydrogen-bond acceptors (Lipinski definition) is 0. The van der Waals surface area contributed by atoms with E-state index in [1.807, 2.05) is 0 Å². The minimum Gasteiger partial charge on any atom is -0.269 e. The molecule has 0 radical (unpaired) electrons. The van der Waals surface area contributed by atoms with Crippen LogP contribution in [-0.4, -0.2) is 0 Å². The Hall–Kier alpha value is 2.61. The van der Waals surface area contributed by atoms with Gasteiger partial charge in [-0.05, 0) is 0 Å². The molecule has 24 valence electrons. The van der Waals surface area contributed by atoms with Crippen molar-refractivity contribution < 1.29 is 92.9 Å². The minimum atomic E-state index is 0. The predicted molar refractivity (Wildman–Crippen MR) is 5.01 cm³/mol. The van der Waals surface area contributed by atoms with Gasteiger partial charge in [-0.1, -0.05) is 0 Å². The van der Waals surface area contributed by atoms with E-state index in [9.17, 15) is 0 Å². The second-order valence-electron chi connectivity index (χ2n) is 0. The summed E-state index contributed by atoms with van der Waals surface area (Å²) >= 11 is 0. The van der Waals surface area contributed by atoms with Crippen LogP contribution in [0.4, 0.5) is 9.41 Å². The van der Waals surface area contributed by atoms with Crippen LogP contribution in [0.5, 0.6) is 0 Å². The molecule has 0 amide bonds. The maximum atomic E-state index is 0. The van der Waals surface area contributed by atoms with E-state index < -0.39 is 0 Å². The minimum absolute atomic E-state index is 0. The quantitative estimate of drug-likeness (QED) is 0.603. The summed E-state index contributed by atoms with van der Waals surface area (Å²) in [4.78, 5) is 0. The fourth-order valence-electron chi connectivity index (χ4n) is 0. The largest absolute Gasteiger partial charge is 0.269 e. The van der Waals surface area contributed by atoms with Gasteiger partial charge in [0, 0.05) is 83.5 Å². The van der Waals surface area contributed by atoms with E-state index >= 15 is 0 Å². The molecular formula is H2Ce2F2. The van der Waals surface area contributed by atoms with E-state index in [0.717, 1.165) is 0 Å². The summed E-state index contributed by atoms with van der Waals surface area (Å²) in [6.07, 6.45) is 0. The predicted octanol–water partition coefficient (Wildman–Crippen LogP) is 0.305. The average Bonchev–Trinajstić information content (AvgIpc) is 0. The van der Waals surface area contributed by atoms with Crippen LogP contribution >= 0.6 is 0 Å². The summed E-state index contributed by atoms with van der Waals surface area (Å²) in [6, 6.07) is 0. The van der Waals surface area contributed by atoms with Crippen LogP contribution in [0.25, 0.3) is 0 Å². The summed E-state index contributed by atoms with van der Waals surface area (Å²) in [5.41, 5.74) is 0. The summed E-state index contributed by atoms with van der Waals surface area (Å²) < 4.78 is 0. The molecule has 0 fully saturated rings. The van der Waals surface area contributed by atoms with Crippen molar-refractivity contribution in [2.45, 2.75) is 0 Å². The Labute approximate surface area is 90.6 Å². The first-order valence-electron chi connectivity index (χ1n) is 0. The molecule has 0 saturated carbocycles. The molecule has 0 spiro atoms. The van der Waals surface area contributed by atoms with Gasteiger partial charge in [0.15, 0.2) is 0 Å². The molecule has 4 heteroatoms. The maximum absolute atomic E-state index is 0. The van der Waals surface area contributed by atoms with E-state index in [1.54, 1.807) is 0 Å². The third-order valence-electron chi connectivity index (χ3n) is 0. The molecule has 0 atom stereocenters. The van der Waals surface area contributed by atoms with Crippen LogP contribution in [0.3, 0.4) is 0 Å². The van der Waals surface area contributed by atoms with Crippen LogP contribution in [-0.2, 0) is 0 Å². The first kappa shape index (κ1) is 30.5. The van der Waals surface area contributed by atoms with Gasteiger partial charge in [-0.2, -0.15) is 0 Å². The summed E-state index contributed by atoms with van der Waals surface area (Å²) in [7, 11) is 0. The van der Waals surface area contributed by atoms with Gasteiger partial charge in [-0.25, -0.2) is 0 Å².